The van der Waals surface area contributed by atoms with Crippen LogP contribution in [0.3, 0.4) is 0 Å². The summed E-state index contributed by atoms with van der Waals surface area (Å²) < 4.78 is 23.8. The maximum atomic E-state index is 13.0. The molecule has 0 aromatic rings. The van der Waals surface area contributed by atoms with Gasteiger partial charge in [-0.25, -0.2) is 4.79 Å². The molecule has 5 aliphatic carbocycles. The summed E-state index contributed by atoms with van der Waals surface area (Å²) in [7, 11) is 0. The Morgan fingerprint density at radius 1 is 0.722 bits per heavy atom. The summed E-state index contributed by atoms with van der Waals surface area (Å²) in [6, 6.07) is 0. The lowest BCUT2D eigenvalue weighted by atomic mass is 9.32. The highest BCUT2D eigenvalue weighted by Crippen LogP contribution is 2.77. The van der Waals surface area contributed by atoms with E-state index in [2.05, 4.69) is 48.1 Å². The fourth-order valence-corrected chi connectivity index (χ4v) is 14.2. The molecule has 0 aromatic heterocycles. The SMILES string of the molecule is C=C(C)[C@@H]1CC[C@]2(C(=O)O)CC[C@]3(C)[C@H](CC[C@@H]4[C@@]5(C)CC[C@H](O[C@@H]6O[C@H](C(=O)O)[C@@H](O)[C@H](O)[C@H]6O[C@@H]6OC[C@@H](O)[C@H](O)[C@H]6O)C(C)(C)C5CC[C@]43C)C12. The van der Waals surface area contributed by atoms with Gasteiger partial charge < -0.3 is 54.7 Å². The number of hydrogen-bond acceptors (Lipinski definition) is 11. The van der Waals surface area contributed by atoms with Gasteiger partial charge in [-0.2, -0.15) is 0 Å². The molecular weight excluding hydrogens is 700 g/mol. The number of carboxylic acid groups (broad SMARTS) is 2. The van der Waals surface area contributed by atoms with E-state index in [0.29, 0.717) is 24.7 Å². The van der Waals surface area contributed by atoms with Gasteiger partial charge in [0.05, 0.1) is 18.1 Å². The fourth-order valence-electron chi connectivity index (χ4n) is 14.2. The van der Waals surface area contributed by atoms with Gasteiger partial charge in [-0.15, -0.1) is 0 Å². The maximum absolute atomic E-state index is 13.0. The smallest absolute Gasteiger partial charge is 0.335 e. The molecule has 13 nitrogen and oxygen atoms in total. The molecular formula is C41H64O13. The van der Waals surface area contributed by atoms with Crippen molar-refractivity contribution in [2.45, 2.75) is 167 Å². The Kier molecular flexibility index (Phi) is 10.3. The zero-order valence-corrected chi connectivity index (χ0v) is 32.7. The van der Waals surface area contributed by atoms with Crippen molar-refractivity contribution in [2.24, 2.45) is 56.7 Å². The molecule has 0 amide bonds. The first-order chi connectivity index (χ1) is 25.2. The number of carbonyl (C=O) groups is 2. The fraction of sp³-hybridized carbons (Fsp3) is 0.902. The van der Waals surface area contributed by atoms with Gasteiger partial charge in [-0.05, 0) is 122 Å². The molecule has 2 saturated heterocycles. The third-order valence-electron chi connectivity index (χ3n) is 17.3. The van der Waals surface area contributed by atoms with Crippen molar-refractivity contribution in [3.8, 4) is 0 Å². The van der Waals surface area contributed by atoms with Crippen LogP contribution in [0.25, 0.3) is 0 Å². The molecule has 0 radical (unpaired) electrons. The first-order valence-electron chi connectivity index (χ1n) is 20.3. The predicted octanol–water partition coefficient (Wildman–Crippen LogP) is 3.47. The molecule has 5 saturated carbocycles. The summed E-state index contributed by atoms with van der Waals surface area (Å²) in [5.74, 6) is -0.876. The van der Waals surface area contributed by atoms with Gasteiger partial charge in [0.2, 0.25) is 0 Å². The van der Waals surface area contributed by atoms with E-state index in [4.69, 9.17) is 18.9 Å². The first-order valence-corrected chi connectivity index (χ1v) is 20.3. The second-order valence-corrected chi connectivity index (χ2v) is 19.7. The van der Waals surface area contributed by atoms with Crippen LogP contribution in [-0.4, -0.2) is 116 Å². The Morgan fingerprint density at radius 2 is 1.43 bits per heavy atom. The highest BCUT2D eigenvalue weighted by atomic mass is 16.8. The monoisotopic (exact) mass is 764 g/mol. The summed E-state index contributed by atoms with van der Waals surface area (Å²) in [6.45, 7) is 17.8. The lowest BCUT2D eigenvalue weighted by molar-refractivity contribution is -0.366. The minimum Gasteiger partial charge on any atom is -0.481 e. The minimum atomic E-state index is -1.88. The van der Waals surface area contributed by atoms with Gasteiger partial charge in [0.25, 0.3) is 0 Å². The van der Waals surface area contributed by atoms with Gasteiger partial charge in [0, 0.05) is 0 Å². The average molecular weight is 765 g/mol. The van der Waals surface area contributed by atoms with E-state index in [1.54, 1.807) is 0 Å². The number of aliphatic carboxylic acids is 2. The zero-order chi connectivity index (χ0) is 39.5. The van der Waals surface area contributed by atoms with E-state index in [-0.39, 0.29) is 40.6 Å². The van der Waals surface area contributed by atoms with Crippen LogP contribution in [0.2, 0.25) is 0 Å². The van der Waals surface area contributed by atoms with E-state index < -0.39 is 84.2 Å². The van der Waals surface area contributed by atoms with Crippen LogP contribution in [0.15, 0.2) is 12.2 Å². The van der Waals surface area contributed by atoms with Crippen molar-refractivity contribution in [3.05, 3.63) is 12.2 Å². The molecule has 19 atom stereocenters. The Labute approximate surface area is 318 Å². The van der Waals surface area contributed by atoms with Crippen molar-refractivity contribution in [3.63, 3.8) is 0 Å². The Morgan fingerprint density at radius 3 is 2.07 bits per heavy atom. The first kappa shape index (κ1) is 40.5. The van der Waals surface area contributed by atoms with Crippen LogP contribution in [0.4, 0.5) is 0 Å². The summed E-state index contributed by atoms with van der Waals surface area (Å²) >= 11 is 0. The summed E-state index contributed by atoms with van der Waals surface area (Å²) in [5.41, 5.74) is -0.0969. The molecule has 2 heterocycles. The van der Waals surface area contributed by atoms with Crippen molar-refractivity contribution < 1.29 is 64.3 Å². The van der Waals surface area contributed by atoms with E-state index >= 15 is 0 Å². The van der Waals surface area contributed by atoms with Crippen molar-refractivity contribution in [1.82, 2.24) is 0 Å². The second-order valence-electron chi connectivity index (χ2n) is 19.7. The summed E-state index contributed by atoms with van der Waals surface area (Å²) in [6.07, 6.45) is -6.42. The van der Waals surface area contributed by atoms with Crippen molar-refractivity contribution >= 4 is 11.9 Å². The Balaban J connectivity index is 1.14. The van der Waals surface area contributed by atoms with Crippen LogP contribution < -0.4 is 0 Å². The molecule has 7 N–H and O–H groups in total. The summed E-state index contributed by atoms with van der Waals surface area (Å²) in [5, 5.41) is 73.3. The average Bonchev–Trinajstić information content (AvgIpc) is 3.51. The number of fused-ring (bicyclic) bond motifs is 7. The van der Waals surface area contributed by atoms with E-state index in [1.165, 1.54) is 0 Å². The van der Waals surface area contributed by atoms with Crippen LogP contribution in [-0.2, 0) is 28.5 Å². The van der Waals surface area contributed by atoms with Gasteiger partial charge in [-0.1, -0.05) is 46.8 Å². The van der Waals surface area contributed by atoms with E-state index in [0.717, 1.165) is 56.9 Å². The lowest BCUT2D eigenvalue weighted by Crippen LogP contribution is -2.68. The molecule has 7 fully saturated rings. The van der Waals surface area contributed by atoms with Crippen molar-refractivity contribution in [2.75, 3.05) is 6.61 Å². The number of aliphatic hydroxyl groups excluding tert-OH is 5. The molecule has 2 aliphatic heterocycles. The second kappa shape index (κ2) is 13.7. The number of aliphatic hydroxyl groups is 5. The third-order valence-corrected chi connectivity index (χ3v) is 17.3. The number of ether oxygens (including phenoxy) is 4. The topological polar surface area (TPSA) is 213 Å². The molecule has 0 spiro atoms. The minimum absolute atomic E-state index is 0.00281. The standard InChI is InChI=1S/C41H64O13/c1-19(2)20-10-15-41(36(49)50)17-16-39(6)21(26(20)41)8-9-24-38(5)13-12-25(37(3,4)23(38)11-14-40(24,39)7)52-35-32(29(45)28(44)31(53-35)33(47)48)54-34-30(46)27(43)22(42)18-51-34/h20-32,34-35,42-46H,1,8-18H2,2-7H3,(H,47,48)(H,49,50)/t20-,21+,22+,23?,24+,25-,26?,27-,28-,29-,30+,31-,32+,34-,35+,38-,39+,40+,41-/m0/s1. The Bertz CT molecular complexity index is 1490. The summed E-state index contributed by atoms with van der Waals surface area (Å²) in [4.78, 5) is 25.2. The molecule has 2 unspecified atom stereocenters. The highest BCUT2D eigenvalue weighted by Gasteiger charge is 2.72. The van der Waals surface area contributed by atoms with E-state index in [9.17, 15) is 45.3 Å². The van der Waals surface area contributed by atoms with Crippen LogP contribution in [0.1, 0.15) is 106 Å². The van der Waals surface area contributed by atoms with E-state index in [1.807, 2.05) is 0 Å². The molecule has 7 rings (SSSR count). The van der Waals surface area contributed by atoms with Gasteiger partial charge in [0.1, 0.15) is 36.6 Å². The molecule has 0 aromatic carbocycles. The van der Waals surface area contributed by atoms with Crippen LogP contribution >= 0.6 is 0 Å². The normalized spacial score (nSPS) is 54.0. The van der Waals surface area contributed by atoms with Gasteiger partial charge >= 0.3 is 11.9 Å². The molecule has 0 bridgehead atoms. The van der Waals surface area contributed by atoms with Crippen LogP contribution in [0.5, 0.6) is 0 Å². The number of carboxylic acids is 2. The predicted molar refractivity (Wildman–Crippen MR) is 192 cm³/mol. The maximum Gasteiger partial charge on any atom is 0.335 e. The molecule has 13 heteroatoms. The largest absolute Gasteiger partial charge is 0.481 e. The van der Waals surface area contributed by atoms with Gasteiger partial charge in [0.15, 0.2) is 18.7 Å². The quantitative estimate of drug-likeness (QED) is 0.146. The van der Waals surface area contributed by atoms with Crippen molar-refractivity contribution in [1.29, 1.82) is 0 Å². The third kappa shape index (κ3) is 5.72. The van der Waals surface area contributed by atoms with Gasteiger partial charge in [-0.3, -0.25) is 4.79 Å². The van der Waals surface area contributed by atoms with Crippen LogP contribution in [0, 0.1) is 56.7 Å². The Hall–Kier alpha value is -1.68. The lowest BCUT2D eigenvalue weighted by Gasteiger charge is -2.73. The number of hydrogen-bond donors (Lipinski definition) is 7. The highest BCUT2D eigenvalue weighted by molar-refractivity contribution is 5.76. The molecule has 306 valence electrons. The molecule has 7 aliphatic rings. The zero-order valence-electron chi connectivity index (χ0n) is 32.7. The number of rotatable bonds is 7. The molecule has 54 heavy (non-hydrogen) atoms. The number of allylic oxidation sites excluding steroid dienone is 1.